The lowest BCUT2D eigenvalue weighted by molar-refractivity contribution is 0.915. The highest BCUT2D eigenvalue weighted by molar-refractivity contribution is 9.10. The molecule has 2 rings (SSSR count). The fourth-order valence-electron chi connectivity index (χ4n) is 2.48. The van der Waals surface area contributed by atoms with Crippen molar-refractivity contribution >= 4 is 15.9 Å². The number of aryl methyl sites for hydroxylation is 2. The second-order valence-corrected chi connectivity index (χ2v) is 5.62. The standard InChI is InChI=1S/C15H19BrN2/c1-10-8-14(16)4-5-15(10)18-11(2)9-13(6-7-17)12(18)3/h4-5,8-9H,6-7,17H2,1-3H3. The summed E-state index contributed by atoms with van der Waals surface area (Å²) in [6, 6.07) is 8.63. The van der Waals surface area contributed by atoms with Crippen molar-refractivity contribution in [2.24, 2.45) is 5.73 Å². The largest absolute Gasteiger partial charge is 0.330 e. The van der Waals surface area contributed by atoms with Gasteiger partial charge in [-0.15, -0.1) is 0 Å². The molecule has 0 bridgehead atoms. The van der Waals surface area contributed by atoms with E-state index in [0.717, 1.165) is 10.9 Å². The van der Waals surface area contributed by atoms with Crippen molar-refractivity contribution in [3.8, 4) is 5.69 Å². The number of rotatable bonds is 3. The van der Waals surface area contributed by atoms with Crippen LogP contribution in [0.4, 0.5) is 0 Å². The van der Waals surface area contributed by atoms with Crippen LogP contribution in [0.2, 0.25) is 0 Å². The molecule has 3 heteroatoms. The number of nitrogens with zero attached hydrogens (tertiary/aromatic N) is 1. The first-order valence-corrected chi connectivity index (χ1v) is 6.98. The Labute approximate surface area is 117 Å². The van der Waals surface area contributed by atoms with Crippen LogP contribution in [0.5, 0.6) is 0 Å². The first-order chi connectivity index (χ1) is 8.54. The molecule has 1 aromatic heterocycles. The molecule has 18 heavy (non-hydrogen) atoms. The Bertz CT molecular complexity index is 570. The van der Waals surface area contributed by atoms with Gasteiger partial charge in [-0.05, 0) is 69.1 Å². The molecule has 2 nitrogen and oxygen atoms in total. The summed E-state index contributed by atoms with van der Waals surface area (Å²) in [5.41, 5.74) is 12.1. The Kier molecular flexibility index (Phi) is 3.93. The van der Waals surface area contributed by atoms with Gasteiger partial charge in [0, 0.05) is 21.5 Å². The molecule has 2 N–H and O–H groups in total. The Balaban J connectivity index is 2.56. The number of hydrogen-bond acceptors (Lipinski definition) is 1. The van der Waals surface area contributed by atoms with Gasteiger partial charge in [0.1, 0.15) is 0 Å². The Hall–Kier alpha value is -1.06. The van der Waals surface area contributed by atoms with Crippen molar-refractivity contribution in [3.05, 3.63) is 51.3 Å². The lowest BCUT2D eigenvalue weighted by Crippen LogP contribution is -2.05. The van der Waals surface area contributed by atoms with Crippen LogP contribution < -0.4 is 5.73 Å². The van der Waals surface area contributed by atoms with Crippen molar-refractivity contribution in [2.75, 3.05) is 6.54 Å². The molecule has 0 amide bonds. The normalized spacial score (nSPS) is 10.9. The van der Waals surface area contributed by atoms with E-state index in [9.17, 15) is 0 Å². The van der Waals surface area contributed by atoms with Gasteiger partial charge in [0.25, 0.3) is 0 Å². The van der Waals surface area contributed by atoms with Gasteiger partial charge >= 0.3 is 0 Å². The van der Waals surface area contributed by atoms with Crippen LogP contribution in [-0.4, -0.2) is 11.1 Å². The molecule has 1 aromatic carbocycles. The monoisotopic (exact) mass is 306 g/mol. The van der Waals surface area contributed by atoms with E-state index in [1.54, 1.807) is 0 Å². The Morgan fingerprint density at radius 3 is 2.50 bits per heavy atom. The van der Waals surface area contributed by atoms with E-state index in [2.05, 4.69) is 65.5 Å². The SMILES string of the molecule is Cc1cc(Br)ccc1-n1c(C)cc(CCN)c1C. The molecule has 0 spiro atoms. The average Bonchev–Trinajstić information content (AvgIpc) is 2.56. The van der Waals surface area contributed by atoms with Gasteiger partial charge in [0.2, 0.25) is 0 Å². The summed E-state index contributed by atoms with van der Waals surface area (Å²) in [4.78, 5) is 0. The van der Waals surface area contributed by atoms with Crippen molar-refractivity contribution in [1.29, 1.82) is 0 Å². The number of benzene rings is 1. The van der Waals surface area contributed by atoms with Gasteiger partial charge < -0.3 is 10.3 Å². The van der Waals surface area contributed by atoms with Crippen LogP contribution in [-0.2, 0) is 6.42 Å². The van der Waals surface area contributed by atoms with E-state index < -0.39 is 0 Å². The first-order valence-electron chi connectivity index (χ1n) is 6.19. The highest BCUT2D eigenvalue weighted by atomic mass is 79.9. The fourth-order valence-corrected chi connectivity index (χ4v) is 2.95. The molecule has 0 aliphatic carbocycles. The van der Waals surface area contributed by atoms with E-state index >= 15 is 0 Å². The number of hydrogen-bond donors (Lipinski definition) is 1. The summed E-state index contributed by atoms with van der Waals surface area (Å²) in [5, 5.41) is 0. The predicted molar refractivity (Wildman–Crippen MR) is 80.4 cm³/mol. The van der Waals surface area contributed by atoms with Gasteiger partial charge in [0.05, 0.1) is 0 Å². The third kappa shape index (κ3) is 2.38. The molecular formula is C15H19BrN2. The molecule has 0 atom stereocenters. The van der Waals surface area contributed by atoms with Crippen LogP contribution >= 0.6 is 15.9 Å². The van der Waals surface area contributed by atoms with E-state index in [-0.39, 0.29) is 0 Å². The number of nitrogens with two attached hydrogens (primary N) is 1. The number of aromatic nitrogens is 1. The van der Waals surface area contributed by atoms with Gasteiger partial charge in [-0.2, -0.15) is 0 Å². The third-order valence-electron chi connectivity index (χ3n) is 3.35. The molecule has 0 unspecified atom stereocenters. The molecule has 0 aliphatic heterocycles. The maximum atomic E-state index is 5.66. The number of halogens is 1. The summed E-state index contributed by atoms with van der Waals surface area (Å²) >= 11 is 3.51. The molecular weight excluding hydrogens is 288 g/mol. The highest BCUT2D eigenvalue weighted by Crippen LogP contribution is 2.25. The fraction of sp³-hybridized carbons (Fsp3) is 0.333. The average molecular weight is 307 g/mol. The van der Waals surface area contributed by atoms with E-state index in [4.69, 9.17) is 5.73 Å². The topological polar surface area (TPSA) is 30.9 Å². The van der Waals surface area contributed by atoms with Gasteiger partial charge in [-0.3, -0.25) is 0 Å². The van der Waals surface area contributed by atoms with Crippen LogP contribution in [0, 0.1) is 20.8 Å². The molecule has 2 aromatic rings. The van der Waals surface area contributed by atoms with Gasteiger partial charge in [0.15, 0.2) is 0 Å². The summed E-state index contributed by atoms with van der Waals surface area (Å²) < 4.78 is 3.43. The lowest BCUT2D eigenvalue weighted by Gasteiger charge is -2.13. The van der Waals surface area contributed by atoms with Crippen molar-refractivity contribution in [3.63, 3.8) is 0 Å². The lowest BCUT2D eigenvalue weighted by atomic mass is 10.1. The van der Waals surface area contributed by atoms with Crippen molar-refractivity contribution in [1.82, 2.24) is 4.57 Å². The zero-order valence-electron chi connectivity index (χ0n) is 11.1. The molecule has 0 radical (unpaired) electrons. The van der Waals surface area contributed by atoms with E-state index in [1.807, 2.05) is 0 Å². The van der Waals surface area contributed by atoms with Crippen LogP contribution in [0.25, 0.3) is 5.69 Å². The quantitative estimate of drug-likeness (QED) is 0.921. The summed E-state index contributed by atoms with van der Waals surface area (Å²) in [7, 11) is 0. The molecule has 0 aliphatic rings. The molecule has 0 saturated heterocycles. The smallest absolute Gasteiger partial charge is 0.0484 e. The maximum Gasteiger partial charge on any atom is 0.0484 e. The van der Waals surface area contributed by atoms with Crippen molar-refractivity contribution < 1.29 is 0 Å². The van der Waals surface area contributed by atoms with Crippen LogP contribution in [0.1, 0.15) is 22.5 Å². The van der Waals surface area contributed by atoms with Crippen molar-refractivity contribution in [2.45, 2.75) is 27.2 Å². The summed E-state index contributed by atoms with van der Waals surface area (Å²) in [5.74, 6) is 0. The second-order valence-electron chi connectivity index (χ2n) is 4.70. The first kappa shape index (κ1) is 13.4. The zero-order valence-corrected chi connectivity index (χ0v) is 12.7. The zero-order chi connectivity index (χ0) is 13.3. The minimum absolute atomic E-state index is 0.698. The van der Waals surface area contributed by atoms with Crippen LogP contribution in [0.3, 0.4) is 0 Å². The summed E-state index contributed by atoms with van der Waals surface area (Å²) in [6.45, 7) is 7.15. The minimum atomic E-state index is 0.698. The Morgan fingerprint density at radius 2 is 1.89 bits per heavy atom. The van der Waals surface area contributed by atoms with Gasteiger partial charge in [-0.1, -0.05) is 15.9 Å². The van der Waals surface area contributed by atoms with Gasteiger partial charge in [-0.25, -0.2) is 0 Å². The third-order valence-corrected chi connectivity index (χ3v) is 3.84. The van der Waals surface area contributed by atoms with E-state index in [1.165, 1.54) is 28.2 Å². The second kappa shape index (κ2) is 5.29. The highest BCUT2D eigenvalue weighted by Gasteiger charge is 2.11. The molecule has 0 fully saturated rings. The maximum absolute atomic E-state index is 5.66. The minimum Gasteiger partial charge on any atom is -0.330 e. The molecule has 1 heterocycles. The van der Waals surface area contributed by atoms with Crippen LogP contribution in [0.15, 0.2) is 28.7 Å². The molecule has 0 saturated carbocycles. The summed E-state index contributed by atoms with van der Waals surface area (Å²) in [6.07, 6.45) is 0.940. The molecule has 96 valence electrons. The Morgan fingerprint density at radius 1 is 1.17 bits per heavy atom. The predicted octanol–water partition coefficient (Wildman–Crippen LogP) is 3.67. The van der Waals surface area contributed by atoms with E-state index in [0.29, 0.717) is 6.54 Å².